The monoisotopic (exact) mass is 534 g/mol. The van der Waals surface area contributed by atoms with Gasteiger partial charge in [-0.3, -0.25) is 9.36 Å². The molecule has 0 spiro atoms. The highest BCUT2D eigenvalue weighted by atomic mass is 35.5. The second-order valence-corrected chi connectivity index (χ2v) is 10.1. The van der Waals surface area contributed by atoms with E-state index in [1.807, 2.05) is 30.5 Å². The van der Waals surface area contributed by atoms with Gasteiger partial charge in [0.1, 0.15) is 5.75 Å². The third-order valence-electron chi connectivity index (χ3n) is 5.29. The van der Waals surface area contributed by atoms with Crippen LogP contribution in [-0.4, -0.2) is 28.5 Å². The number of thioether (sulfide) groups is 1. The molecule has 0 unspecified atom stereocenters. The maximum absolute atomic E-state index is 13.6. The molecule has 1 aliphatic rings. The number of benzene rings is 2. The summed E-state index contributed by atoms with van der Waals surface area (Å²) in [7, 11) is 0. The molecule has 2 heterocycles. The number of hydrogen-bond donors (Lipinski definition) is 1. The SMILES string of the molecule is CCOC(=O)C1=C(C)N=c2s/c(=C\c3cc(Cl)cc(Cl)c3O)c(=O)n2[C@H]1c1ccc(SC)cc1. The number of esters is 1. The highest BCUT2D eigenvalue weighted by molar-refractivity contribution is 7.98. The average molecular weight is 535 g/mol. The fourth-order valence-corrected chi connectivity index (χ4v) is 5.69. The van der Waals surface area contributed by atoms with Gasteiger partial charge in [0.15, 0.2) is 4.80 Å². The topological polar surface area (TPSA) is 80.9 Å². The van der Waals surface area contributed by atoms with Crippen molar-refractivity contribution >= 4 is 58.3 Å². The number of carbonyl (C=O) groups is 1. The zero-order valence-electron chi connectivity index (χ0n) is 18.5. The Bertz CT molecular complexity index is 1490. The van der Waals surface area contributed by atoms with Crippen LogP contribution >= 0.6 is 46.3 Å². The predicted molar refractivity (Wildman–Crippen MR) is 137 cm³/mol. The van der Waals surface area contributed by atoms with Crippen LogP contribution in [0.25, 0.3) is 6.08 Å². The Labute approximate surface area is 213 Å². The highest BCUT2D eigenvalue weighted by Crippen LogP contribution is 2.33. The van der Waals surface area contributed by atoms with E-state index in [1.54, 1.807) is 25.6 Å². The maximum Gasteiger partial charge on any atom is 0.338 e. The van der Waals surface area contributed by atoms with Gasteiger partial charge in [-0.25, -0.2) is 9.79 Å². The molecule has 4 rings (SSSR count). The molecule has 0 bridgehead atoms. The third-order valence-corrected chi connectivity index (χ3v) is 7.53. The molecule has 34 heavy (non-hydrogen) atoms. The zero-order chi connectivity index (χ0) is 24.6. The van der Waals surface area contributed by atoms with Crippen LogP contribution in [0, 0.1) is 0 Å². The molecule has 1 N–H and O–H groups in total. The molecule has 10 heteroatoms. The number of nitrogens with zero attached hydrogens (tertiary/aromatic N) is 2. The Morgan fingerprint density at radius 3 is 2.65 bits per heavy atom. The highest BCUT2D eigenvalue weighted by Gasteiger charge is 2.33. The molecule has 0 aliphatic carbocycles. The summed E-state index contributed by atoms with van der Waals surface area (Å²) in [6.45, 7) is 3.66. The molecule has 0 saturated carbocycles. The van der Waals surface area contributed by atoms with Crippen molar-refractivity contribution < 1.29 is 14.6 Å². The van der Waals surface area contributed by atoms with Crippen LogP contribution in [0.15, 0.2) is 62.4 Å². The van der Waals surface area contributed by atoms with Crippen LogP contribution in [0.1, 0.15) is 31.0 Å². The molecule has 0 amide bonds. The summed E-state index contributed by atoms with van der Waals surface area (Å²) in [6, 6.07) is 9.92. The minimum atomic E-state index is -0.704. The number of phenolic OH excluding ortho intramolecular Hbond substituents is 1. The first-order valence-corrected chi connectivity index (χ1v) is 13.1. The normalized spacial score (nSPS) is 15.8. The van der Waals surface area contributed by atoms with E-state index < -0.39 is 12.0 Å². The van der Waals surface area contributed by atoms with Crippen molar-refractivity contribution in [3.63, 3.8) is 0 Å². The molecule has 3 aromatic rings. The lowest BCUT2D eigenvalue weighted by Gasteiger charge is -2.24. The molecule has 1 aliphatic heterocycles. The standard InChI is InChI=1S/C24H20Cl2N2O4S2/c1-4-32-23(31)19-12(2)27-24-28(20(19)13-5-7-16(33-3)8-6-13)22(30)18(34-24)10-14-9-15(25)11-17(26)21(14)29/h5-11,20,29H,4H2,1-3H3/b18-10-/t20-/m0/s1. The van der Waals surface area contributed by atoms with Gasteiger partial charge in [-0.1, -0.05) is 46.7 Å². The van der Waals surface area contributed by atoms with Gasteiger partial charge < -0.3 is 9.84 Å². The molecule has 0 fully saturated rings. The van der Waals surface area contributed by atoms with Crippen LogP contribution in [-0.2, 0) is 9.53 Å². The van der Waals surface area contributed by atoms with Gasteiger partial charge in [-0.2, -0.15) is 0 Å². The largest absolute Gasteiger partial charge is 0.506 e. The number of phenols is 1. The van der Waals surface area contributed by atoms with Gasteiger partial charge in [-0.15, -0.1) is 11.8 Å². The Morgan fingerprint density at radius 2 is 2.00 bits per heavy atom. The van der Waals surface area contributed by atoms with Crippen LogP contribution < -0.4 is 14.9 Å². The van der Waals surface area contributed by atoms with Crippen molar-refractivity contribution in [2.45, 2.75) is 24.8 Å². The van der Waals surface area contributed by atoms with Crippen molar-refractivity contribution in [3.8, 4) is 5.75 Å². The average Bonchev–Trinajstić information content (AvgIpc) is 3.10. The van der Waals surface area contributed by atoms with Gasteiger partial charge >= 0.3 is 5.97 Å². The van der Waals surface area contributed by atoms with Crippen LogP contribution in [0.5, 0.6) is 5.75 Å². The number of hydrogen-bond acceptors (Lipinski definition) is 7. The van der Waals surface area contributed by atoms with Gasteiger partial charge in [0.05, 0.1) is 33.5 Å². The number of halogens is 2. The first-order chi connectivity index (χ1) is 16.2. The molecule has 2 aromatic carbocycles. The number of thiazole rings is 1. The second-order valence-electron chi connectivity index (χ2n) is 7.40. The summed E-state index contributed by atoms with van der Waals surface area (Å²) in [5, 5.41) is 10.8. The minimum Gasteiger partial charge on any atom is -0.506 e. The number of rotatable bonds is 5. The maximum atomic E-state index is 13.6. The number of ether oxygens (including phenoxy) is 1. The van der Waals surface area contributed by atoms with Gasteiger partial charge in [0, 0.05) is 15.5 Å². The fraction of sp³-hybridized carbons (Fsp3) is 0.208. The van der Waals surface area contributed by atoms with E-state index in [1.165, 1.54) is 22.8 Å². The van der Waals surface area contributed by atoms with Crippen molar-refractivity contribution in [2.24, 2.45) is 4.99 Å². The quantitative estimate of drug-likeness (QED) is 0.384. The van der Waals surface area contributed by atoms with Crippen molar-refractivity contribution in [2.75, 3.05) is 12.9 Å². The number of aromatic nitrogens is 1. The van der Waals surface area contributed by atoms with Crippen LogP contribution in [0.3, 0.4) is 0 Å². The molecule has 176 valence electrons. The Balaban J connectivity index is 1.97. The van der Waals surface area contributed by atoms with Gasteiger partial charge in [0.2, 0.25) is 0 Å². The zero-order valence-corrected chi connectivity index (χ0v) is 21.6. The molecular weight excluding hydrogens is 515 g/mol. The van der Waals surface area contributed by atoms with E-state index in [0.29, 0.717) is 31.2 Å². The molecule has 6 nitrogen and oxygen atoms in total. The molecule has 0 radical (unpaired) electrons. The van der Waals surface area contributed by atoms with E-state index in [9.17, 15) is 14.7 Å². The predicted octanol–water partition coefficient (Wildman–Crippen LogP) is 4.53. The van der Waals surface area contributed by atoms with Crippen LogP contribution in [0.2, 0.25) is 10.0 Å². The number of carbonyl (C=O) groups excluding carboxylic acids is 1. The van der Waals surface area contributed by atoms with E-state index in [0.717, 1.165) is 21.8 Å². The van der Waals surface area contributed by atoms with E-state index >= 15 is 0 Å². The lowest BCUT2D eigenvalue weighted by atomic mass is 9.96. The third kappa shape index (κ3) is 4.55. The number of fused-ring (bicyclic) bond motifs is 1. The van der Waals surface area contributed by atoms with Gasteiger partial charge in [0.25, 0.3) is 5.56 Å². The summed E-state index contributed by atoms with van der Waals surface area (Å²) < 4.78 is 7.11. The lowest BCUT2D eigenvalue weighted by Crippen LogP contribution is -2.39. The summed E-state index contributed by atoms with van der Waals surface area (Å²) in [4.78, 5) is 32.6. The summed E-state index contributed by atoms with van der Waals surface area (Å²) >= 11 is 14.9. The van der Waals surface area contributed by atoms with E-state index in [4.69, 9.17) is 27.9 Å². The summed E-state index contributed by atoms with van der Waals surface area (Å²) in [6.07, 6.45) is 3.50. The molecule has 1 atom stereocenters. The van der Waals surface area contributed by atoms with Crippen LogP contribution in [0.4, 0.5) is 0 Å². The minimum absolute atomic E-state index is 0.0822. The molecule has 1 aromatic heterocycles. The Morgan fingerprint density at radius 1 is 1.29 bits per heavy atom. The Hall–Kier alpha value is -2.52. The van der Waals surface area contributed by atoms with Crippen molar-refractivity contribution in [1.82, 2.24) is 4.57 Å². The molecular formula is C24H20Cl2N2O4S2. The van der Waals surface area contributed by atoms with E-state index in [2.05, 4.69) is 4.99 Å². The Kier molecular flexibility index (Phi) is 7.23. The summed E-state index contributed by atoms with van der Waals surface area (Å²) in [5.74, 6) is -0.694. The number of aromatic hydroxyl groups is 1. The van der Waals surface area contributed by atoms with Crippen molar-refractivity contribution in [3.05, 3.63) is 88.5 Å². The second kappa shape index (κ2) is 10.00. The first kappa shape index (κ1) is 24.6. The lowest BCUT2D eigenvalue weighted by molar-refractivity contribution is -0.139. The first-order valence-electron chi connectivity index (χ1n) is 10.3. The number of allylic oxidation sites excluding steroid dienone is 1. The van der Waals surface area contributed by atoms with Gasteiger partial charge in [-0.05, 0) is 56.0 Å². The fourth-order valence-electron chi connectivity index (χ4n) is 3.73. The smallest absolute Gasteiger partial charge is 0.338 e. The molecule has 0 saturated heterocycles. The summed E-state index contributed by atoms with van der Waals surface area (Å²) in [5.41, 5.74) is 1.51. The van der Waals surface area contributed by atoms with E-state index in [-0.39, 0.29) is 22.9 Å². The van der Waals surface area contributed by atoms with Crippen molar-refractivity contribution in [1.29, 1.82) is 0 Å².